The molecular weight excluding hydrogens is 272 g/mol. The minimum absolute atomic E-state index is 0.000887. The smallest absolute Gasteiger partial charge is 0.291 e. The molecule has 1 aromatic carbocycles. The molecule has 1 N–H and O–H groups in total. The summed E-state index contributed by atoms with van der Waals surface area (Å²) >= 11 is 5.57. The van der Waals surface area contributed by atoms with Gasteiger partial charge in [-0.1, -0.05) is 0 Å². The Bertz CT molecular complexity index is 651. The second-order valence-corrected chi connectivity index (χ2v) is 4.19. The van der Waals surface area contributed by atoms with Crippen LogP contribution in [-0.4, -0.2) is 10.8 Å². The van der Waals surface area contributed by atoms with Crippen LogP contribution in [-0.2, 0) is 0 Å². The van der Waals surface area contributed by atoms with Crippen LogP contribution in [0.4, 0.5) is 11.4 Å². The van der Waals surface area contributed by atoms with Crippen molar-refractivity contribution < 1.29 is 14.1 Å². The average Bonchev–Trinajstić information content (AvgIpc) is 2.75. The van der Waals surface area contributed by atoms with E-state index in [4.69, 9.17) is 16.0 Å². The minimum Gasteiger partial charge on any atom is -0.440 e. The first-order valence-corrected chi connectivity index (χ1v) is 5.67. The predicted octanol–water partition coefficient (Wildman–Crippen LogP) is 3.40. The Morgan fingerprint density at radius 2 is 2.11 bits per heavy atom. The number of carbonyl (C=O) groups excluding carboxylic acids is 1. The highest BCUT2D eigenvalue weighted by Gasteiger charge is 2.14. The summed E-state index contributed by atoms with van der Waals surface area (Å²) < 4.78 is 4.95. The van der Waals surface area contributed by atoms with Gasteiger partial charge in [0.1, 0.15) is 0 Å². The molecule has 0 aliphatic carbocycles. The molecule has 0 unspecified atom stereocenters. The molecule has 0 bridgehead atoms. The van der Waals surface area contributed by atoms with Crippen LogP contribution in [0.25, 0.3) is 0 Å². The molecule has 0 fully saturated rings. The van der Waals surface area contributed by atoms with Crippen LogP contribution < -0.4 is 5.32 Å². The number of carbonyl (C=O) groups is 1. The number of nitrogens with zero attached hydrogens (tertiary/aromatic N) is 1. The Kier molecular flexibility index (Phi) is 3.52. The van der Waals surface area contributed by atoms with Gasteiger partial charge in [-0.3, -0.25) is 14.9 Å². The molecule has 1 heterocycles. The van der Waals surface area contributed by atoms with Crippen molar-refractivity contribution in [2.45, 2.75) is 6.92 Å². The number of nitro benzene ring substituents is 1. The molecule has 98 valence electrons. The average molecular weight is 281 g/mol. The lowest BCUT2D eigenvalue weighted by Gasteiger charge is -2.04. The van der Waals surface area contributed by atoms with Crippen LogP contribution in [0.1, 0.15) is 16.1 Å². The minimum atomic E-state index is -0.479. The third kappa shape index (κ3) is 2.92. The van der Waals surface area contributed by atoms with Gasteiger partial charge in [0.15, 0.2) is 11.0 Å². The van der Waals surface area contributed by atoms with Gasteiger partial charge >= 0.3 is 0 Å². The quantitative estimate of drug-likeness (QED) is 0.689. The van der Waals surface area contributed by atoms with Crippen molar-refractivity contribution in [3.63, 3.8) is 0 Å². The van der Waals surface area contributed by atoms with E-state index < -0.39 is 10.8 Å². The standard InChI is InChI=1S/C12H9ClN2O4/c1-7-6-8(2-3-9(7)15(17)18)14-12(16)10-4-5-11(13)19-10/h2-6H,1H3,(H,14,16). The van der Waals surface area contributed by atoms with E-state index in [-0.39, 0.29) is 16.7 Å². The number of nitro groups is 1. The van der Waals surface area contributed by atoms with Gasteiger partial charge in [-0.2, -0.15) is 0 Å². The zero-order valence-corrected chi connectivity index (χ0v) is 10.6. The summed E-state index contributed by atoms with van der Waals surface area (Å²) in [5.74, 6) is -0.402. The summed E-state index contributed by atoms with van der Waals surface area (Å²) in [7, 11) is 0. The first-order chi connectivity index (χ1) is 8.97. The van der Waals surface area contributed by atoms with Gasteiger partial charge in [0, 0.05) is 17.3 Å². The molecule has 0 radical (unpaired) electrons. The van der Waals surface area contributed by atoms with Crippen LogP contribution in [0.5, 0.6) is 0 Å². The number of hydrogen-bond donors (Lipinski definition) is 1. The Morgan fingerprint density at radius 1 is 1.37 bits per heavy atom. The van der Waals surface area contributed by atoms with Gasteiger partial charge in [0.2, 0.25) is 0 Å². The lowest BCUT2D eigenvalue weighted by atomic mass is 10.2. The molecule has 7 heteroatoms. The van der Waals surface area contributed by atoms with E-state index in [0.29, 0.717) is 11.3 Å². The molecule has 0 spiro atoms. The zero-order valence-electron chi connectivity index (χ0n) is 9.84. The van der Waals surface area contributed by atoms with Crippen molar-refractivity contribution in [1.29, 1.82) is 0 Å². The summed E-state index contributed by atoms with van der Waals surface area (Å²) in [4.78, 5) is 21.9. The van der Waals surface area contributed by atoms with E-state index in [1.165, 1.54) is 30.3 Å². The molecule has 1 aromatic heterocycles. The van der Waals surface area contributed by atoms with Crippen molar-refractivity contribution in [1.82, 2.24) is 0 Å². The number of nitrogens with one attached hydrogen (secondary N) is 1. The summed E-state index contributed by atoms with van der Waals surface area (Å²) in [5.41, 5.74) is 0.903. The SMILES string of the molecule is Cc1cc(NC(=O)c2ccc(Cl)o2)ccc1[N+](=O)[O-]. The molecule has 0 aliphatic rings. The molecule has 6 nitrogen and oxygen atoms in total. The Hall–Kier alpha value is -2.34. The Morgan fingerprint density at radius 3 is 2.63 bits per heavy atom. The van der Waals surface area contributed by atoms with Gasteiger partial charge in [-0.25, -0.2) is 0 Å². The molecule has 0 atom stereocenters. The second-order valence-electron chi connectivity index (χ2n) is 3.82. The van der Waals surface area contributed by atoms with Crippen molar-refractivity contribution in [3.8, 4) is 0 Å². The number of anilines is 1. The maximum atomic E-state index is 11.8. The number of aryl methyl sites for hydroxylation is 1. The van der Waals surface area contributed by atoms with E-state index >= 15 is 0 Å². The largest absolute Gasteiger partial charge is 0.440 e. The molecule has 1 amide bonds. The fraction of sp³-hybridized carbons (Fsp3) is 0.0833. The maximum absolute atomic E-state index is 11.8. The number of furan rings is 1. The van der Waals surface area contributed by atoms with Crippen LogP contribution in [0, 0.1) is 17.0 Å². The van der Waals surface area contributed by atoms with Gasteiger partial charge in [0.25, 0.3) is 11.6 Å². The number of amides is 1. The number of benzene rings is 1. The highest BCUT2D eigenvalue weighted by atomic mass is 35.5. The lowest BCUT2D eigenvalue weighted by Crippen LogP contribution is -2.11. The predicted molar refractivity (Wildman–Crippen MR) is 69.5 cm³/mol. The highest BCUT2D eigenvalue weighted by molar-refractivity contribution is 6.29. The molecule has 0 saturated carbocycles. The van der Waals surface area contributed by atoms with E-state index in [0.717, 1.165) is 0 Å². The third-order valence-corrected chi connectivity index (χ3v) is 2.65. The Labute approximate surface area is 113 Å². The molecule has 19 heavy (non-hydrogen) atoms. The van der Waals surface area contributed by atoms with Crippen LogP contribution in [0.15, 0.2) is 34.7 Å². The van der Waals surface area contributed by atoms with Crippen LogP contribution in [0.3, 0.4) is 0 Å². The monoisotopic (exact) mass is 280 g/mol. The van der Waals surface area contributed by atoms with Gasteiger partial charge in [-0.15, -0.1) is 0 Å². The number of hydrogen-bond acceptors (Lipinski definition) is 4. The first kappa shape index (κ1) is 13.1. The Balaban J connectivity index is 2.18. The maximum Gasteiger partial charge on any atom is 0.291 e. The number of rotatable bonds is 3. The van der Waals surface area contributed by atoms with Crippen molar-refractivity contribution in [3.05, 3.63) is 57.0 Å². The summed E-state index contributed by atoms with van der Waals surface area (Å²) in [6.07, 6.45) is 0. The third-order valence-electron chi connectivity index (χ3n) is 2.45. The number of halogens is 1. The lowest BCUT2D eigenvalue weighted by molar-refractivity contribution is -0.385. The zero-order chi connectivity index (χ0) is 14.0. The summed E-state index contributed by atoms with van der Waals surface area (Å²) in [5, 5.41) is 13.3. The highest BCUT2D eigenvalue weighted by Crippen LogP contribution is 2.22. The van der Waals surface area contributed by atoms with Crippen molar-refractivity contribution in [2.75, 3.05) is 5.32 Å². The van der Waals surface area contributed by atoms with E-state index in [1.54, 1.807) is 6.92 Å². The van der Waals surface area contributed by atoms with Crippen LogP contribution >= 0.6 is 11.6 Å². The molecule has 2 aromatic rings. The van der Waals surface area contributed by atoms with Crippen molar-refractivity contribution >= 4 is 28.9 Å². The fourth-order valence-corrected chi connectivity index (χ4v) is 1.71. The fourth-order valence-electron chi connectivity index (χ4n) is 1.57. The summed E-state index contributed by atoms with van der Waals surface area (Å²) in [6, 6.07) is 7.20. The topological polar surface area (TPSA) is 85.4 Å². The molecule has 0 saturated heterocycles. The van der Waals surface area contributed by atoms with Gasteiger partial charge in [0.05, 0.1) is 4.92 Å². The normalized spacial score (nSPS) is 10.2. The second kappa shape index (κ2) is 5.11. The molecule has 2 rings (SSSR count). The molecular formula is C12H9ClN2O4. The first-order valence-electron chi connectivity index (χ1n) is 5.29. The van der Waals surface area contributed by atoms with Gasteiger partial charge in [-0.05, 0) is 42.8 Å². The molecule has 0 aliphatic heterocycles. The van der Waals surface area contributed by atoms with Gasteiger partial charge < -0.3 is 9.73 Å². The summed E-state index contributed by atoms with van der Waals surface area (Å²) in [6.45, 7) is 1.59. The van der Waals surface area contributed by atoms with Crippen molar-refractivity contribution in [2.24, 2.45) is 0 Å². The van der Waals surface area contributed by atoms with E-state index in [9.17, 15) is 14.9 Å². The van der Waals surface area contributed by atoms with E-state index in [2.05, 4.69) is 5.32 Å². The van der Waals surface area contributed by atoms with Crippen LogP contribution in [0.2, 0.25) is 5.22 Å². The van der Waals surface area contributed by atoms with E-state index in [1.807, 2.05) is 0 Å².